The minimum absolute atomic E-state index is 0. The molecule has 0 spiro atoms. The zero-order valence-corrected chi connectivity index (χ0v) is 32.1. The summed E-state index contributed by atoms with van der Waals surface area (Å²) in [5.41, 5.74) is -0.791. The van der Waals surface area contributed by atoms with E-state index in [4.69, 9.17) is 14.7 Å². The Morgan fingerprint density at radius 3 is 2.45 bits per heavy atom. The molecule has 3 unspecified atom stereocenters. The zero-order valence-electron chi connectivity index (χ0n) is 29.7. The summed E-state index contributed by atoms with van der Waals surface area (Å²) in [7, 11) is 2.79. The van der Waals surface area contributed by atoms with E-state index >= 15 is 4.39 Å². The fourth-order valence-electron chi connectivity index (χ4n) is 5.42. The molecule has 3 atom stereocenters. The number of ether oxygens (including phenoxy) is 2. The number of amides is 1. The number of nitrogens with one attached hydrogen (secondary N) is 1. The molecule has 1 amide bonds. The maximum Gasteiger partial charge on any atom is 0.416 e. The molecule has 2 heterocycles. The minimum Gasteiger partial charge on any atom is -1.00 e. The van der Waals surface area contributed by atoms with Crippen molar-refractivity contribution in [3.05, 3.63) is 118 Å². The fourth-order valence-corrected chi connectivity index (χ4v) is 6.39. The average molecular weight is 825 g/mol. The number of benzene rings is 3. The largest absolute Gasteiger partial charge is 1.00 e. The Morgan fingerprint density at radius 1 is 1.09 bits per heavy atom. The van der Waals surface area contributed by atoms with Crippen molar-refractivity contribution in [2.24, 2.45) is 0 Å². The van der Waals surface area contributed by atoms with Gasteiger partial charge in [-0.3, -0.25) is 9.69 Å². The van der Waals surface area contributed by atoms with Crippen molar-refractivity contribution in [2.45, 2.75) is 44.7 Å². The standard InChI is InChI=1S/C36H34F4N7O5S.2ClH/c1-21(34-44-31(17-53-34)24-7-5-23(14-41)6-8-24)36(50,27-12-26(37)9-10-28(27)38)18-47-20-46(19-43-47)22(2)52-35(49)45(4)32-13-30(40)29(39)11-25(32)16-51-33(48)15-42-3;;/h5-13,17,19-22,42,50H,15-16,18H2,1-4H3;2*1H/q+1;;/p-1. The van der Waals surface area contributed by atoms with Gasteiger partial charge in [-0.05, 0) is 43.4 Å². The monoisotopic (exact) mass is 823 g/mol. The van der Waals surface area contributed by atoms with Crippen LogP contribution in [0.15, 0.2) is 72.6 Å². The summed E-state index contributed by atoms with van der Waals surface area (Å²) in [4.78, 5) is 30.6. The number of halogens is 6. The first-order valence-corrected chi connectivity index (χ1v) is 16.9. The molecule has 5 rings (SSSR count). The van der Waals surface area contributed by atoms with Gasteiger partial charge in [-0.25, -0.2) is 27.3 Å². The van der Waals surface area contributed by atoms with Gasteiger partial charge in [0.15, 0.2) is 11.6 Å². The van der Waals surface area contributed by atoms with E-state index in [1.54, 1.807) is 36.6 Å². The van der Waals surface area contributed by atoms with Crippen LogP contribution >= 0.6 is 23.7 Å². The van der Waals surface area contributed by atoms with Crippen LogP contribution in [0.4, 0.5) is 28.0 Å². The Morgan fingerprint density at radius 2 is 1.78 bits per heavy atom. The highest BCUT2D eigenvalue weighted by atomic mass is 35.5. The highest BCUT2D eigenvalue weighted by Crippen LogP contribution is 2.41. The van der Waals surface area contributed by atoms with Gasteiger partial charge in [0, 0.05) is 53.1 Å². The second-order valence-electron chi connectivity index (χ2n) is 12.0. The van der Waals surface area contributed by atoms with Gasteiger partial charge in [-0.15, -0.1) is 28.4 Å². The molecule has 292 valence electrons. The van der Waals surface area contributed by atoms with Gasteiger partial charge >= 0.3 is 12.1 Å². The maximum absolute atomic E-state index is 15.3. The molecule has 0 saturated carbocycles. The number of nitrogens with zero attached hydrogens (tertiary/aromatic N) is 6. The summed E-state index contributed by atoms with van der Waals surface area (Å²) in [6, 6.07) is 13.1. The maximum atomic E-state index is 15.3. The number of carbonyl (C=O) groups excluding carboxylic acids is 2. The second kappa shape index (κ2) is 19.0. The third-order valence-electron chi connectivity index (χ3n) is 8.47. The lowest BCUT2D eigenvalue weighted by atomic mass is 9.82. The van der Waals surface area contributed by atoms with Crippen molar-refractivity contribution in [2.75, 3.05) is 25.5 Å². The van der Waals surface area contributed by atoms with Crippen molar-refractivity contribution < 1.29 is 58.7 Å². The van der Waals surface area contributed by atoms with Crippen LogP contribution in [0.25, 0.3) is 11.3 Å². The molecule has 55 heavy (non-hydrogen) atoms. The Kier molecular flexibility index (Phi) is 15.3. The molecule has 0 bridgehead atoms. The van der Waals surface area contributed by atoms with E-state index < -0.39 is 66.2 Å². The lowest BCUT2D eigenvalue weighted by Gasteiger charge is -2.32. The lowest BCUT2D eigenvalue weighted by molar-refractivity contribution is -0.753. The fraction of sp³-hybridized carbons (Fsp3) is 0.278. The van der Waals surface area contributed by atoms with Crippen molar-refractivity contribution in [1.82, 2.24) is 20.1 Å². The minimum atomic E-state index is -2.10. The van der Waals surface area contributed by atoms with Gasteiger partial charge in [0.1, 0.15) is 30.4 Å². The first-order chi connectivity index (χ1) is 25.2. The van der Waals surface area contributed by atoms with Crippen LogP contribution < -0.4 is 27.2 Å². The zero-order chi connectivity index (χ0) is 38.4. The van der Waals surface area contributed by atoms with E-state index in [0.717, 1.165) is 40.8 Å². The third-order valence-corrected chi connectivity index (χ3v) is 9.50. The first-order valence-electron chi connectivity index (χ1n) is 16.0. The molecule has 5 aromatic rings. The highest BCUT2D eigenvalue weighted by molar-refractivity contribution is 7.10. The molecule has 2 N–H and O–H groups in total. The molecule has 19 heteroatoms. The number of anilines is 1. The summed E-state index contributed by atoms with van der Waals surface area (Å²) in [5.74, 6) is -5.64. The summed E-state index contributed by atoms with van der Waals surface area (Å²) < 4.78 is 71.4. The Balaban J connectivity index is 0.00000406. The topological polar surface area (TPSA) is 146 Å². The van der Waals surface area contributed by atoms with Crippen molar-refractivity contribution in [3.8, 4) is 17.3 Å². The van der Waals surface area contributed by atoms with E-state index in [-0.39, 0.29) is 48.2 Å². The van der Waals surface area contributed by atoms with Crippen molar-refractivity contribution >= 4 is 41.5 Å². The Hall–Kier alpha value is -5.12. The molecule has 0 aliphatic heterocycles. The summed E-state index contributed by atoms with van der Waals surface area (Å²) in [6.07, 6.45) is 0.620. The van der Waals surface area contributed by atoms with Gasteiger partial charge in [0.05, 0.1) is 34.6 Å². The smallest absolute Gasteiger partial charge is 0.416 e. The number of nitriles is 1. The summed E-state index contributed by atoms with van der Waals surface area (Å²) in [5, 5.41) is 30.4. The van der Waals surface area contributed by atoms with Crippen LogP contribution in [0, 0.1) is 34.6 Å². The molecule has 0 fully saturated rings. The molecule has 12 nitrogen and oxygen atoms in total. The second-order valence-corrected chi connectivity index (χ2v) is 12.9. The van der Waals surface area contributed by atoms with Crippen LogP contribution in [0.5, 0.6) is 0 Å². The number of hydrogen-bond acceptors (Lipinski definition) is 10. The molecular formula is C36H35Cl2F4N7O5S. The normalized spacial score (nSPS) is 12.9. The number of hydrogen-bond donors (Lipinski definition) is 2. The van der Waals surface area contributed by atoms with Gasteiger partial charge in [-0.2, -0.15) is 9.83 Å². The number of esters is 1. The quantitative estimate of drug-likeness (QED) is 0.104. The predicted octanol–water partition coefficient (Wildman–Crippen LogP) is 2.89. The number of rotatable bonds is 13. The summed E-state index contributed by atoms with van der Waals surface area (Å²) >= 11 is 1.21. The van der Waals surface area contributed by atoms with E-state index in [1.165, 1.54) is 54.3 Å². The molecule has 0 aliphatic rings. The predicted molar refractivity (Wildman–Crippen MR) is 190 cm³/mol. The molecule has 0 saturated heterocycles. The van der Waals surface area contributed by atoms with E-state index in [9.17, 15) is 27.9 Å². The number of carbonyl (C=O) groups is 2. The summed E-state index contributed by atoms with van der Waals surface area (Å²) in [6.45, 7) is 2.14. The number of thiazole rings is 1. The van der Waals surface area contributed by atoms with E-state index in [2.05, 4.69) is 21.5 Å². The average Bonchev–Trinajstić information content (AvgIpc) is 3.83. The SMILES string of the molecule is CNCC(=O)OCc1cc(F)c(F)cc1N(C)C(=O)OC(C)[n+]1cnn(CC(O)(c2cc(F)ccc2F)C(C)c2nc(-c3ccc(C#N)cc3)cs2)c1.Cl.[Cl-]. The highest BCUT2D eigenvalue weighted by Gasteiger charge is 2.43. The Bertz CT molecular complexity index is 2170. The van der Waals surface area contributed by atoms with Gasteiger partial charge in [-0.1, -0.05) is 19.1 Å². The first kappa shape index (κ1) is 44.3. The lowest BCUT2D eigenvalue weighted by Crippen LogP contribution is -3.00. The number of aliphatic hydroxyl groups is 1. The van der Waals surface area contributed by atoms with Crippen LogP contribution in [0.3, 0.4) is 0 Å². The van der Waals surface area contributed by atoms with Gasteiger partial charge in [0.2, 0.25) is 12.6 Å². The van der Waals surface area contributed by atoms with Gasteiger partial charge in [0.25, 0.3) is 6.33 Å². The molecule has 2 aromatic heterocycles. The van der Waals surface area contributed by atoms with Crippen LogP contribution in [0.2, 0.25) is 0 Å². The molecule has 0 radical (unpaired) electrons. The van der Waals surface area contributed by atoms with Crippen molar-refractivity contribution in [3.63, 3.8) is 0 Å². The van der Waals surface area contributed by atoms with Crippen molar-refractivity contribution in [1.29, 1.82) is 5.26 Å². The Labute approximate surface area is 329 Å². The third kappa shape index (κ3) is 10.1. The molecule has 0 aliphatic carbocycles. The number of likely N-dealkylation sites (N-methyl/N-ethyl adjacent to an activating group) is 1. The van der Waals surface area contributed by atoms with Gasteiger partial charge < -0.3 is 32.3 Å². The van der Waals surface area contributed by atoms with Crippen LogP contribution in [-0.2, 0) is 33.0 Å². The molecular weight excluding hydrogens is 789 g/mol. The van der Waals surface area contributed by atoms with Crippen LogP contribution in [-0.4, -0.2) is 52.6 Å². The van der Waals surface area contributed by atoms with E-state index in [1.807, 2.05) is 0 Å². The van der Waals surface area contributed by atoms with Crippen LogP contribution in [0.1, 0.15) is 47.7 Å². The number of aromatic nitrogens is 4. The van der Waals surface area contributed by atoms with E-state index in [0.29, 0.717) is 16.3 Å². The molecule has 3 aromatic carbocycles.